The minimum Gasteiger partial charge on any atom is -0.508 e. The van der Waals surface area contributed by atoms with Gasteiger partial charge in [0.1, 0.15) is 11.5 Å². The van der Waals surface area contributed by atoms with E-state index in [9.17, 15) is 9.90 Å². The lowest BCUT2D eigenvalue weighted by Crippen LogP contribution is -1.95. The lowest BCUT2D eigenvalue weighted by molar-refractivity contribution is 0.444. The van der Waals surface area contributed by atoms with Crippen LogP contribution in [0.4, 0.5) is 5.69 Å². The van der Waals surface area contributed by atoms with E-state index in [4.69, 9.17) is 10.2 Å². The minimum atomic E-state index is -0.582. The van der Waals surface area contributed by atoms with Crippen molar-refractivity contribution in [2.45, 2.75) is 0 Å². The SMILES string of the molecule is Nc1ccc(/C=C/c2cc(O)cc(=O)o2)cc1. The molecule has 1 aromatic heterocycles. The quantitative estimate of drug-likeness (QED) is 0.773. The summed E-state index contributed by atoms with van der Waals surface area (Å²) in [4.78, 5) is 11.0. The van der Waals surface area contributed by atoms with Crippen molar-refractivity contribution in [1.29, 1.82) is 0 Å². The number of nitrogens with two attached hydrogens (primary N) is 1. The van der Waals surface area contributed by atoms with Crippen molar-refractivity contribution < 1.29 is 9.52 Å². The van der Waals surface area contributed by atoms with Gasteiger partial charge < -0.3 is 15.3 Å². The summed E-state index contributed by atoms with van der Waals surface area (Å²) in [6, 6.07) is 9.62. The highest BCUT2D eigenvalue weighted by atomic mass is 16.4. The van der Waals surface area contributed by atoms with Gasteiger partial charge in [-0.05, 0) is 23.8 Å². The molecule has 0 aliphatic carbocycles. The molecule has 0 atom stereocenters. The number of nitrogen functional groups attached to an aromatic ring is 1. The van der Waals surface area contributed by atoms with Crippen LogP contribution in [-0.4, -0.2) is 5.11 Å². The molecular weight excluding hydrogens is 218 g/mol. The van der Waals surface area contributed by atoms with Crippen LogP contribution in [0.1, 0.15) is 11.3 Å². The Kier molecular flexibility index (Phi) is 2.96. The molecule has 0 saturated carbocycles. The molecule has 1 aromatic carbocycles. The summed E-state index contributed by atoms with van der Waals surface area (Å²) >= 11 is 0. The third-order valence-electron chi connectivity index (χ3n) is 2.15. The van der Waals surface area contributed by atoms with E-state index in [-0.39, 0.29) is 5.75 Å². The molecule has 0 amide bonds. The van der Waals surface area contributed by atoms with E-state index in [1.807, 2.05) is 12.1 Å². The van der Waals surface area contributed by atoms with Crippen LogP contribution < -0.4 is 11.4 Å². The van der Waals surface area contributed by atoms with E-state index in [0.717, 1.165) is 11.6 Å². The van der Waals surface area contributed by atoms with E-state index in [1.54, 1.807) is 24.3 Å². The Balaban J connectivity index is 2.25. The molecule has 86 valence electrons. The number of anilines is 1. The molecule has 0 radical (unpaired) electrons. The standard InChI is InChI=1S/C13H11NO3/c14-10-4-1-9(2-5-10)3-6-12-7-11(15)8-13(16)17-12/h1-8,15H,14H2/b6-3+. The topological polar surface area (TPSA) is 76.5 Å². The fraction of sp³-hybridized carbons (Fsp3) is 0. The zero-order chi connectivity index (χ0) is 12.3. The van der Waals surface area contributed by atoms with Gasteiger partial charge in [0.25, 0.3) is 0 Å². The minimum absolute atomic E-state index is 0.113. The van der Waals surface area contributed by atoms with Crippen molar-refractivity contribution in [3.8, 4) is 5.75 Å². The van der Waals surface area contributed by atoms with Crippen molar-refractivity contribution in [1.82, 2.24) is 0 Å². The Bertz CT molecular complexity index is 597. The zero-order valence-electron chi connectivity index (χ0n) is 8.96. The predicted octanol–water partition coefficient (Wildman–Crippen LogP) is 2.10. The number of aromatic hydroxyl groups is 1. The van der Waals surface area contributed by atoms with E-state index in [0.29, 0.717) is 11.4 Å². The second-order valence-corrected chi connectivity index (χ2v) is 3.54. The first-order chi connectivity index (χ1) is 8.13. The van der Waals surface area contributed by atoms with Gasteiger partial charge in [-0.3, -0.25) is 0 Å². The van der Waals surface area contributed by atoms with E-state index >= 15 is 0 Å². The monoisotopic (exact) mass is 229 g/mol. The van der Waals surface area contributed by atoms with Crippen LogP contribution in [0.5, 0.6) is 5.75 Å². The molecule has 2 aromatic rings. The highest BCUT2D eigenvalue weighted by Crippen LogP contribution is 2.12. The van der Waals surface area contributed by atoms with Crippen LogP contribution >= 0.6 is 0 Å². The van der Waals surface area contributed by atoms with Crippen LogP contribution in [-0.2, 0) is 0 Å². The Hall–Kier alpha value is -2.49. The predicted molar refractivity (Wildman–Crippen MR) is 66.4 cm³/mol. The average molecular weight is 229 g/mol. The fourth-order valence-electron chi connectivity index (χ4n) is 1.35. The van der Waals surface area contributed by atoms with Crippen LogP contribution in [0, 0.1) is 0 Å². The molecule has 0 bridgehead atoms. The second kappa shape index (κ2) is 4.57. The van der Waals surface area contributed by atoms with Gasteiger partial charge in [-0.1, -0.05) is 18.2 Å². The third kappa shape index (κ3) is 2.98. The summed E-state index contributed by atoms with van der Waals surface area (Å²) in [6.07, 6.45) is 3.36. The summed E-state index contributed by atoms with van der Waals surface area (Å²) in [7, 11) is 0. The molecule has 17 heavy (non-hydrogen) atoms. The van der Waals surface area contributed by atoms with Gasteiger partial charge >= 0.3 is 5.63 Å². The van der Waals surface area contributed by atoms with Crippen molar-refractivity contribution in [2.75, 3.05) is 5.73 Å². The first-order valence-corrected chi connectivity index (χ1v) is 5.01. The third-order valence-corrected chi connectivity index (χ3v) is 2.15. The van der Waals surface area contributed by atoms with Gasteiger partial charge in [-0.2, -0.15) is 0 Å². The maximum absolute atomic E-state index is 11.0. The number of benzene rings is 1. The molecule has 0 aliphatic heterocycles. The summed E-state index contributed by atoms with van der Waals surface area (Å²) in [5.74, 6) is 0.185. The number of rotatable bonds is 2. The molecule has 3 N–H and O–H groups in total. The average Bonchev–Trinajstić information content (AvgIpc) is 2.27. The van der Waals surface area contributed by atoms with Crippen LogP contribution in [0.25, 0.3) is 12.2 Å². The number of hydrogen-bond acceptors (Lipinski definition) is 4. The largest absolute Gasteiger partial charge is 0.508 e. The van der Waals surface area contributed by atoms with Gasteiger partial charge in [-0.25, -0.2) is 4.79 Å². The maximum atomic E-state index is 11.0. The van der Waals surface area contributed by atoms with Crippen LogP contribution in [0.15, 0.2) is 45.6 Å². The first kappa shape index (κ1) is 11.0. The first-order valence-electron chi connectivity index (χ1n) is 5.01. The Morgan fingerprint density at radius 1 is 1.12 bits per heavy atom. The normalized spacial score (nSPS) is 10.8. The molecule has 0 spiro atoms. The Morgan fingerprint density at radius 2 is 1.82 bits per heavy atom. The molecule has 1 heterocycles. The van der Waals surface area contributed by atoms with Gasteiger partial charge in [0.15, 0.2) is 0 Å². The molecule has 0 aliphatic rings. The summed E-state index contributed by atoms with van der Waals surface area (Å²) in [6.45, 7) is 0. The molecular formula is C13H11NO3. The number of hydrogen-bond donors (Lipinski definition) is 2. The molecule has 4 heteroatoms. The van der Waals surface area contributed by atoms with Crippen molar-refractivity contribution in [2.24, 2.45) is 0 Å². The fourth-order valence-corrected chi connectivity index (χ4v) is 1.35. The molecule has 2 rings (SSSR count). The van der Waals surface area contributed by atoms with Gasteiger partial charge in [0.05, 0.1) is 6.07 Å². The molecule has 0 saturated heterocycles. The Labute approximate surface area is 97.6 Å². The highest BCUT2D eigenvalue weighted by Gasteiger charge is 1.96. The van der Waals surface area contributed by atoms with Gasteiger partial charge in [0, 0.05) is 11.8 Å². The van der Waals surface area contributed by atoms with E-state index in [2.05, 4.69) is 0 Å². The molecule has 0 unspecified atom stereocenters. The molecule has 0 fully saturated rings. The van der Waals surface area contributed by atoms with Crippen molar-refractivity contribution >= 4 is 17.8 Å². The lowest BCUT2D eigenvalue weighted by Gasteiger charge is -1.95. The summed E-state index contributed by atoms with van der Waals surface area (Å²) < 4.78 is 4.88. The summed E-state index contributed by atoms with van der Waals surface area (Å²) in [5, 5.41) is 9.22. The van der Waals surface area contributed by atoms with Crippen molar-refractivity contribution in [3.05, 3.63) is 58.1 Å². The van der Waals surface area contributed by atoms with Crippen LogP contribution in [0.3, 0.4) is 0 Å². The smallest absolute Gasteiger partial charge is 0.339 e. The Morgan fingerprint density at radius 3 is 2.47 bits per heavy atom. The van der Waals surface area contributed by atoms with E-state index in [1.165, 1.54) is 6.07 Å². The lowest BCUT2D eigenvalue weighted by atomic mass is 10.2. The summed E-state index contributed by atoms with van der Waals surface area (Å²) in [5.41, 5.74) is 6.58. The molecule has 4 nitrogen and oxygen atoms in total. The maximum Gasteiger partial charge on any atom is 0.339 e. The second-order valence-electron chi connectivity index (χ2n) is 3.54. The zero-order valence-corrected chi connectivity index (χ0v) is 8.96. The van der Waals surface area contributed by atoms with Gasteiger partial charge in [-0.15, -0.1) is 0 Å². The van der Waals surface area contributed by atoms with Crippen LogP contribution in [0.2, 0.25) is 0 Å². The van der Waals surface area contributed by atoms with Gasteiger partial charge in [0.2, 0.25) is 0 Å². The van der Waals surface area contributed by atoms with Crippen molar-refractivity contribution in [3.63, 3.8) is 0 Å². The highest BCUT2D eigenvalue weighted by molar-refractivity contribution is 5.68. The van der Waals surface area contributed by atoms with E-state index < -0.39 is 5.63 Å².